The Bertz CT molecular complexity index is 324. The van der Waals surface area contributed by atoms with E-state index in [4.69, 9.17) is 0 Å². The molecule has 0 aromatic heterocycles. The van der Waals surface area contributed by atoms with Gasteiger partial charge in [-0.05, 0) is 18.6 Å². The Kier molecular flexibility index (Phi) is 6.15. The van der Waals surface area contributed by atoms with Gasteiger partial charge in [0.05, 0.1) is 6.54 Å². The maximum absolute atomic E-state index is 11.6. The summed E-state index contributed by atoms with van der Waals surface area (Å²) in [6.07, 6.45) is 3.42. The first-order valence-corrected chi connectivity index (χ1v) is 6.27. The van der Waals surface area contributed by atoms with E-state index in [0.717, 1.165) is 18.7 Å². The summed E-state index contributed by atoms with van der Waals surface area (Å²) in [4.78, 5) is 13.6. The molecule has 1 aromatic carbocycles. The molecule has 0 saturated carbocycles. The van der Waals surface area contributed by atoms with E-state index in [9.17, 15) is 4.79 Å². The number of rotatable bonds is 7. The smallest absolute Gasteiger partial charge is 0.239 e. The normalized spacial score (nSPS) is 10.0. The molecule has 1 amide bonds. The van der Waals surface area contributed by atoms with Crippen LogP contribution in [0.15, 0.2) is 30.3 Å². The fourth-order valence-corrected chi connectivity index (χ4v) is 1.65. The molecule has 0 spiro atoms. The van der Waals surface area contributed by atoms with Gasteiger partial charge in [-0.2, -0.15) is 0 Å². The van der Waals surface area contributed by atoms with E-state index in [0.29, 0.717) is 6.54 Å². The quantitative estimate of drug-likeness (QED) is 0.735. The molecule has 1 N–H and O–H groups in total. The summed E-state index contributed by atoms with van der Waals surface area (Å²) < 4.78 is 0. The number of hydrogen-bond acceptors (Lipinski definition) is 2. The SMILES string of the molecule is CCCCCNC(=O)CN(C)c1ccccc1. The second-order valence-electron chi connectivity index (χ2n) is 4.25. The van der Waals surface area contributed by atoms with Crippen molar-refractivity contribution in [3.8, 4) is 0 Å². The summed E-state index contributed by atoms with van der Waals surface area (Å²) in [5.74, 6) is 0.0902. The minimum absolute atomic E-state index is 0.0902. The highest BCUT2D eigenvalue weighted by Crippen LogP contribution is 2.09. The number of likely N-dealkylation sites (N-methyl/N-ethyl adjacent to an activating group) is 1. The lowest BCUT2D eigenvalue weighted by molar-refractivity contribution is -0.119. The van der Waals surface area contributed by atoms with Gasteiger partial charge in [0.1, 0.15) is 0 Å². The average molecular weight is 234 g/mol. The number of anilines is 1. The van der Waals surface area contributed by atoms with Crippen molar-refractivity contribution < 1.29 is 4.79 Å². The third kappa shape index (κ3) is 5.38. The Balaban J connectivity index is 2.26. The van der Waals surface area contributed by atoms with Crippen molar-refractivity contribution in [3.05, 3.63) is 30.3 Å². The van der Waals surface area contributed by atoms with Gasteiger partial charge >= 0.3 is 0 Å². The Morgan fingerprint density at radius 1 is 1.24 bits per heavy atom. The molecule has 1 rings (SSSR count). The summed E-state index contributed by atoms with van der Waals surface area (Å²) in [5, 5.41) is 2.94. The van der Waals surface area contributed by atoms with Crippen molar-refractivity contribution >= 4 is 11.6 Å². The maximum Gasteiger partial charge on any atom is 0.239 e. The largest absolute Gasteiger partial charge is 0.365 e. The molecule has 0 saturated heterocycles. The number of nitrogens with one attached hydrogen (secondary N) is 1. The van der Waals surface area contributed by atoms with E-state index >= 15 is 0 Å². The number of carbonyl (C=O) groups excluding carboxylic acids is 1. The van der Waals surface area contributed by atoms with E-state index in [-0.39, 0.29) is 5.91 Å². The highest BCUT2D eigenvalue weighted by atomic mass is 16.2. The van der Waals surface area contributed by atoms with E-state index < -0.39 is 0 Å². The molecule has 0 unspecified atom stereocenters. The molecule has 94 valence electrons. The Morgan fingerprint density at radius 2 is 1.94 bits per heavy atom. The van der Waals surface area contributed by atoms with Gasteiger partial charge < -0.3 is 10.2 Å². The van der Waals surface area contributed by atoms with Gasteiger partial charge in [-0.3, -0.25) is 4.79 Å². The Morgan fingerprint density at radius 3 is 2.59 bits per heavy atom. The van der Waals surface area contributed by atoms with Crippen LogP contribution >= 0.6 is 0 Å². The highest BCUT2D eigenvalue weighted by molar-refractivity contribution is 5.81. The van der Waals surface area contributed by atoms with Gasteiger partial charge in [0.2, 0.25) is 5.91 Å². The molecule has 0 atom stereocenters. The van der Waals surface area contributed by atoms with Crippen molar-refractivity contribution in [3.63, 3.8) is 0 Å². The van der Waals surface area contributed by atoms with Crippen molar-refractivity contribution in [2.24, 2.45) is 0 Å². The minimum atomic E-state index is 0.0902. The van der Waals surface area contributed by atoms with Crippen LogP contribution in [0.1, 0.15) is 26.2 Å². The molecular formula is C14H22N2O. The summed E-state index contributed by atoms with van der Waals surface area (Å²) in [6.45, 7) is 3.36. The second-order valence-corrected chi connectivity index (χ2v) is 4.25. The number of carbonyl (C=O) groups is 1. The van der Waals surface area contributed by atoms with Gasteiger partial charge in [0.25, 0.3) is 0 Å². The molecule has 0 aliphatic rings. The lowest BCUT2D eigenvalue weighted by Crippen LogP contribution is -2.35. The fourth-order valence-electron chi connectivity index (χ4n) is 1.65. The molecule has 1 aromatic rings. The number of nitrogens with zero attached hydrogens (tertiary/aromatic N) is 1. The molecule has 0 aliphatic heterocycles. The molecule has 3 nitrogen and oxygen atoms in total. The van der Waals surface area contributed by atoms with Crippen LogP contribution < -0.4 is 10.2 Å². The predicted octanol–water partition coefficient (Wildman–Crippen LogP) is 2.43. The summed E-state index contributed by atoms with van der Waals surface area (Å²) in [5.41, 5.74) is 1.07. The first-order valence-electron chi connectivity index (χ1n) is 6.27. The Labute approximate surface area is 104 Å². The molecule has 0 fully saturated rings. The van der Waals surface area contributed by atoms with Gasteiger partial charge in [-0.1, -0.05) is 38.0 Å². The van der Waals surface area contributed by atoms with E-state index in [1.165, 1.54) is 12.8 Å². The molecule has 0 heterocycles. The zero-order valence-corrected chi connectivity index (χ0v) is 10.8. The number of para-hydroxylation sites is 1. The summed E-state index contributed by atoms with van der Waals surface area (Å²) in [7, 11) is 1.93. The molecular weight excluding hydrogens is 212 g/mol. The van der Waals surface area contributed by atoms with Crippen LogP contribution in [0.2, 0.25) is 0 Å². The highest BCUT2D eigenvalue weighted by Gasteiger charge is 2.05. The summed E-state index contributed by atoms with van der Waals surface area (Å²) in [6, 6.07) is 9.94. The van der Waals surface area contributed by atoms with E-state index in [1.54, 1.807) is 0 Å². The zero-order chi connectivity index (χ0) is 12.5. The third-order valence-corrected chi connectivity index (χ3v) is 2.68. The second kappa shape index (κ2) is 7.71. The van der Waals surface area contributed by atoms with Crippen molar-refractivity contribution in [2.45, 2.75) is 26.2 Å². The monoisotopic (exact) mass is 234 g/mol. The average Bonchev–Trinajstić information content (AvgIpc) is 2.36. The number of amides is 1. The van der Waals surface area contributed by atoms with Crippen molar-refractivity contribution in [2.75, 3.05) is 25.0 Å². The van der Waals surface area contributed by atoms with Crippen molar-refractivity contribution in [1.29, 1.82) is 0 Å². The van der Waals surface area contributed by atoms with Gasteiger partial charge in [0.15, 0.2) is 0 Å². The zero-order valence-electron chi connectivity index (χ0n) is 10.8. The number of benzene rings is 1. The minimum Gasteiger partial charge on any atom is -0.365 e. The molecule has 3 heteroatoms. The topological polar surface area (TPSA) is 32.3 Å². The van der Waals surface area contributed by atoms with Gasteiger partial charge in [-0.25, -0.2) is 0 Å². The third-order valence-electron chi connectivity index (χ3n) is 2.68. The van der Waals surface area contributed by atoms with E-state index in [2.05, 4.69) is 12.2 Å². The number of unbranched alkanes of at least 4 members (excludes halogenated alkanes) is 2. The van der Waals surface area contributed by atoms with Crippen LogP contribution in [0.25, 0.3) is 0 Å². The van der Waals surface area contributed by atoms with Crippen LogP contribution in [0, 0.1) is 0 Å². The summed E-state index contributed by atoms with van der Waals surface area (Å²) >= 11 is 0. The molecule has 0 bridgehead atoms. The van der Waals surface area contributed by atoms with Gasteiger partial charge in [-0.15, -0.1) is 0 Å². The first kappa shape index (κ1) is 13.6. The molecule has 0 aliphatic carbocycles. The van der Waals surface area contributed by atoms with Crippen LogP contribution in [-0.2, 0) is 4.79 Å². The van der Waals surface area contributed by atoms with E-state index in [1.807, 2.05) is 42.3 Å². The van der Waals surface area contributed by atoms with Crippen LogP contribution in [0.5, 0.6) is 0 Å². The Hall–Kier alpha value is -1.51. The number of hydrogen-bond donors (Lipinski definition) is 1. The van der Waals surface area contributed by atoms with Crippen LogP contribution in [-0.4, -0.2) is 26.0 Å². The fraction of sp³-hybridized carbons (Fsp3) is 0.500. The van der Waals surface area contributed by atoms with Crippen LogP contribution in [0.4, 0.5) is 5.69 Å². The standard InChI is InChI=1S/C14H22N2O/c1-3-4-8-11-15-14(17)12-16(2)13-9-6-5-7-10-13/h5-7,9-10H,3-4,8,11-12H2,1-2H3,(H,15,17). The molecule has 0 radical (unpaired) electrons. The maximum atomic E-state index is 11.6. The lowest BCUT2D eigenvalue weighted by atomic mass is 10.2. The van der Waals surface area contributed by atoms with Gasteiger partial charge in [0, 0.05) is 19.3 Å². The predicted molar refractivity (Wildman–Crippen MR) is 72.2 cm³/mol. The van der Waals surface area contributed by atoms with Crippen LogP contribution in [0.3, 0.4) is 0 Å². The first-order chi connectivity index (χ1) is 8.24. The lowest BCUT2D eigenvalue weighted by Gasteiger charge is -2.18. The van der Waals surface area contributed by atoms with Crippen molar-refractivity contribution in [1.82, 2.24) is 5.32 Å². The molecule has 17 heavy (non-hydrogen) atoms.